The number of benzene rings is 2. The maximum absolute atomic E-state index is 12.5. The Morgan fingerprint density at radius 3 is 2.50 bits per heavy atom. The van der Waals surface area contributed by atoms with Crippen LogP contribution in [0.3, 0.4) is 0 Å². The second kappa shape index (κ2) is 10.0. The molecule has 178 valence electrons. The average molecular weight is 480 g/mol. The van der Waals surface area contributed by atoms with Crippen LogP contribution in [-0.2, 0) is 9.59 Å². The molecule has 2 amide bonds. The number of hydrogen-bond donors (Lipinski definition) is 2. The van der Waals surface area contributed by atoms with Gasteiger partial charge in [-0.1, -0.05) is 18.2 Å². The molecule has 0 aliphatic rings. The molecule has 3 heterocycles. The largest absolute Gasteiger partial charge is 0.484 e. The molecule has 2 aromatic carbocycles. The molecule has 0 fully saturated rings. The highest BCUT2D eigenvalue weighted by Gasteiger charge is 2.12. The molecule has 5 aromatic rings. The third-order valence-electron chi connectivity index (χ3n) is 5.14. The SMILES string of the molecule is CC(=O)Nc1ccc(OCC(=O)Nc2cccc(-c3ccc4nnc(-c5ccccn5)n4n3)c2)cc1. The molecule has 0 bridgehead atoms. The lowest BCUT2D eigenvalue weighted by Crippen LogP contribution is -2.20. The van der Waals surface area contributed by atoms with Gasteiger partial charge in [0.25, 0.3) is 5.91 Å². The van der Waals surface area contributed by atoms with Crippen molar-refractivity contribution in [3.63, 3.8) is 0 Å². The van der Waals surface area contributed by atoms with Crippen molar-refractivity contribution in [2.75, 3.05) is 17.2 Å². The molecule has 3 aromatic heterocycles. The molecule has 36 heavy (non-hydrogen) atoms. The number of anilines is 2. The normalized spacial score (nSPS) is 10.7. The van der Waals surface area contributed by atoms with E-state index in [1.807, 2.05) is 48.5 Å². The van der Waals surface area contributed by atoms with Crippen LogP contribution < -0.4 is 15.4 Å². The van der Waals surface area contributed by atoms with E-state index >= 15 is 0 Å². The first kappa shape index (κ1) is 22.7. The summed E-state index contributed by atoms with van der Waals surface area (Å²) in [5.41, 5.74) is 4.03. The summed E-state index contributed by atoms with van der Waals surface area (Å²) >= 11 is 0. The number of fused-ring (bicyclic) bond motifs is 1. The molecule has 5 rings (SSSR count). The predicted octanol–water partition coefficient (Wildman–Crippen LogP) is 3.83. The van der Waals surface area contributed by atoms with E-state index in [1.165, 1.54) is 6.92 Å². The molecule has 0 atom stereocenters. The van der Waals surface area contributed by atoms with Gasteiger partial charge in [-0.05, 0) is 60.7 Å². The zero-order chi connectivity index (χ0) is 24.9. The van der Waals surface area contributed by atoms with Gasteiger partial charge in [-0.2, -0.15) is 9.61 Å². The van der Waals surface area contributed by atoms with Crippen LogP contribution in [0.15, 0.2) is 85.1 Å². The van der Waals surface area contributed by atoms with Crippen molar-refractivity contribution in [3.05, 3.63) is 85.1 Å². The van der Waals surface area contributed by atoms with Gasteiger partial charge in [-0.3, -0.25) is 14.6 Å². The molecule has 0 spiro atoms. The Balaban J connectivity index is 1.28. The van der Waals surface area contributed by atoms with Gasteiger partial charge >= 0.3 is 0 Å². The third-order valence-corrected chi connectivity index (χ3v) is 5.14. The second-order valence-corrected chi connectivity index (χ2v) is 7.85. The van der Waals surface area contributed by atoms with Gasteiger partial charge < -0.3 is 15.4 Å². The van der Waals surface area contributed by atoms with E-state index < -0.39 is 0 Å². The Bertz CT molecular complexity index is 1530. The molecule has 10 heteroatoms. The number of carbonyl (C=O) groups is 2. The zero-order valence-corrected chi connectivity index (χ0v) is 19.3. The van der Waals surface area contributed by atoms with Crippen LogP contribution in [0.4, 0.5) is 11.4 Å². The summed E-state index contributed by atoms with van der Waals surface area (Å²) < 4.78 is 7.20. The van der Waals surface area contributed by atoms with Gasteiger partial charge in [-0.15, -0.1) is 10.2 Å². The lowest BCUT2D eigenvalue weighted by atomic mass is 10.1. The number of nitrogens with zero attached hydrogens (tertiary/aromatic N) is 5. The quantitative estimate of drug-likeness (QED) is 0.364. The Morgan fingerprint density at radius 1 is 0.861 bits per heavy atom. The van der Waals surface area contributed by atoms with Crippen molar-refractivity contribution in [2.45, 2.75) is 6.92 Å². The average Bonchev–Trinajstić information content (AvgIpc) is 3.32. The molecule has 2 N–H and O–H groups in total. The first-order valence-corrected chi connectivity index (χ1v) is 11.1. The van der Waals surface area contributed by atoms with Crippen LogP contribution in [0.25, 0.3) is 28.4 Å². The molecular formula is C26H21N7O3. The molecule has 0 aliphatic heterocycles. The van der Waals surface area contributed by atoms with Gasteiger partial charge in [0.15, 0.2) is 12.3 Å². The Morgan fingerprint density at radius 2 is 1.72 bits per heavy atom. The van der Waals surface area contributed by atoms with E-state index in [-0.39, 0.29) is 18.4 Å². The van der Waals surface area contributed by atoms with E-state index in [2.05, 4.69) is 25.8 Å². The number of ether oxygens (including phenoxy) is 1. The monoisotopic (exact) mass is 479 g/mol. The van der Waals surface area contributed by atoms with Gasteiger partial charge in [0, 0.05) is 30.1 Å². The maximum atomic E-state index is 12.5. The van der Waals surface area contributed by atoms with Gasteiger partial charge in [0.05, 0.1) is 5.69 Å². The maximum Gasteiger partial charge on any atom is 0.262 e. The van der Waals surface area contributed by atoms with Crippen LogP contribution in [0.5, 0.6) is 5.75 Å². The Labute approximate surface area is 206 Å². The van der Waals surface area contributed by atoms with Crippen LogP contribution in [0.1, 0.15) is 6.92 Å². The number of carbonyl (C=O) groups excluding carboxylic acids is 2. The third kappa shape index (κ3) is 5.17. The highest BCUT2D eigenvalue weighted by molar-refractivity contribution is 5.92. The van der Waals surface area contributed by atoms with Gasteiger partial charge in [-0.25, -0.2) is 0 Å². The van der Waals surface area contributed by atoms with E-state index in [4.69, 9.17) is 9.84 Å². The van der Waals surface area contributed by atoms with Crippen molar-refractivity contribution in [3.8, 4) is 28.5 Å². The van der Waals surface area contributed by atoms with E-state index in [1.54, 1.807) is 41.0 Å². The van der Waals surface area contributed by atoms with Gasteiger partial charge in [0.1, 0.15) is 11.4 Å². The molecule has 0 unspecified atom stereocenters. The molecule has 0 aliphatic carbocycles. The Hall–Kier alpha value is -5.12. The van der Waals surface area contributed by atoms with Crippen LogP contribution >= 0.6 is 0 Å². The van der Waals surface area contributed by atoms with E-state index in [0.717, 1.165) is 5.56 Å². The number of aromatic nitrogens is 5. The molecule has 0 radical (unpaired) electrons. The second-order valence-electron chi connectivity index (χ2n) is 7.85. The summed E-state index contributed by atoms with van der Waals surface area (Å²) in [5, 5.41) is 18.6. The van der Waals surface area contributed by atoms with Crippen molar-refractivity contribution in [2.24, 2.45) is 0 Å². The van der Waals surface area contributed by atoms with Crippen molar-refractivity contribution < 1.29 is 14.3 Å². The minimum Gasteiger partial charge on any atom is -0.484 e. The van der Waals surface area contributed by atoms with Crippen molar-refractivity contribution in [1.82, 2.24) is 24.8 Å². The van der Waals surface area contributed by atoms with Gasteiger partial charge in [0.2, 0.25) is 11.7 Å². The fourth-order valence-corrected chi connectivity index (χ4v) is 3.54. The summed E-state index contributed by atoms with van der Waals surface area (Å²) in [4.78, 5) is 27.9. The number of rotatable bonds is 7. The highest BCUT2D eigenvalue weighted by Crippen LogP contribution is 2.23. The van der Waals surface area contributed by atoms with Crippen LogP contribution in [-0.4, -0.2) is 43.2 Å². The van der Waals surface area contributed by atoms with Crippen molar-refractivity contribution >= 4 is 28.8 Å². The summed E-state index contributed by atoms with van der Waals surface area (Å²) in [6, 6.07) is 23.4. The summed E-state index contributed by atoms with van der Waals surface area (Å²) in [6.45, 7) is 1.27. The number of nitrogens with one attached hydrogen (secondary N) is 2. The first-order valence-electron chi connectivity index (χ1n) is 11.1. The number of hydrogen-bond acceptors (Lipinski definition) is 7. The fourth-order valence-electron chi connectivity index (χ4n) is 3.54. The predicted molar refractivity (Wildman–Crippen MR) is 134 cm³/mol. The van der Waals surface area contributed by atoms with Crippen LogP contribution in [0, 0.1) is 0 Å². The molecule has 10 nitrogen and oxygen atoms in total. The molecule has 0 saturated heterocycles. The minimum atomic E-state index is -0.308. The zero-order valence-electron chi connectivity index (χ0n) is 19.3. The molecule has 0 saturated carbocycles. The number of pyridine rings is 1. The number of amides is 2. The minimum absolute atomic E-state index is 0.157. The highest BCUT2D eigenvalue weighted by atomic mass is 16.5. The lowest BCUT2D eigenvalue weighted by molar-refractivity contribution is -0.118. The first-order chi connectivity index (χ1) is 17.5. The standard InChI is InChI=1S/C26H21N7O3/c1-17(34)28-19-8-10-21(11-9-19)36-16-25(35)29-20-6-4-5-18(15-20)22-12-13-24-30-31-26(33(24)32-22)23-7-2-3-14-27-23/h2-15H,16H2,1H3,(H,28,34)(H,29,35). The summed E-state index contributed by atoms with van der Waals surface area (Å²) in [5.74, 6) is 0.593. The van der Waals surface area contributed by atoms with E-state index in [9.17, 15) is 9.59 Å². The Kier molecular flexibility index (Phi) is 6.31. The smallest absolute Gasteiger partial charge is 0.262 e. The molecular weight excluding hydrogens is 458 g/mol. The van der Waals surface area contributed by atoms with Crippen LogP contribution in [0.2, 0.25) is 0 Å². The fraction of sp³-hybridized carbons (Fsp3) is 0.0769. The van der Waals surface area contributed by atoms with Crippen molar-refractivity contribution in [1.29, 1.82) is 0 Å². The summed E-state index contributed by atoms with van der Waals surface area (Å²) in [6.07, 6.45) is 1.69. The van der Waals surface area contributed by atoms with E-state index in [0.29, 0.717) is 40.0 Å². The summed E-state index contributed by atoms with van der Waals surface area (Å²) in [7, 11) is 0. The lowest BCUT2D eigenvalue weighted by Gasteiger charge is -2.10. The topological polar surface area (TPSA) is 123 Å².